The maximum Gasteiger partial charge on any atom is 0.410 e. The molecule has 1 atom stereocenters. The Balaban J connectivity index is 1.67. The maximum atomic E-state index is 12.5. The van der Waals surface area contributed by atoms with E-state index in [0.717, 1.165) is 56.9 Å². The summed E-state index contributed by atoms with van der Waals surface area (Å²) >= 11 is 0. The van der Waals surface area contributed by atoms with E-state index in [4.69, 9.17) is 4.74 Å². The number of anilines is 1. The van der Waals surface area contributed by atoms with Gasteiger partial charge in [0.1, 0.15) is 11.4 Å². The standard InChI is InChI=1S/C19H30N4O2/c1-19(2,3)25-18(24)23-9-5-6-16(23)15-7-8-17(20-14-15)22-12-10-21(4)11-13-22/h7-8,14,16H,5-6,9-13H2,1-4H3/t16-/m1/s1. The molecule has 0 radical (unpaired) electrons. The largest absolute Gasteiger partial charge is 0.444 e. The van der Waals surface area contributed by atoms with Crippen LogP contribution in [0.2, 0.25) is 0 Å². The first-order chi connectivity index (χ1) is 11.8. The molecule has 1 amide bonds. The highest BCUT2D eigenvalue weighted by Gasteiger charge is 2.33. The Morgan fingerprint density at radius 3 is 2.48 bits per heavy atom. The monoisotopic (exact) mass is 346 g/mol. The number of likely N-dealkylation sites (tertiary alicyclic amines) is 1. The summed E-state index contributed by atoms with van der Waals surface area (Å²) in [6, 6.07) is 4.28. The van der Waals surface area contributed by atoms with Gasteiger partial charge in [-0.05, 0) is 52.3 Å². The molecule has 6 heteroatoms. The Morgan fingerprint density at radius 1 is 1.16 bits per heavy atom. The zero-order valence-electron chi connectivity index (χ0n) is 15.9. The smallest absolute Gasteiger partial charge is 0.410 e. The van der Waals surface area contributed by atoms with Gasteiger partial charge in [-0.3, -0.25) is 0 Å². The van der Waals surface area contributed by atoms with Crippen LogP contribution in [0.3, 0.4) is 0 Å². The lowest BCUT2D eigenvalue weighted by atomic mass is 10.1. The summed E-state index contributed by atoms with van der Waals surface area (Å²) in [5.41, 5.74) is 0.634. The molecule has 0 aliphatic carbocycles. The molecule has 25 heavy (non-hydrogen) atoms. The van der Waals surface area contributed by atoms with Gasteiger partial charge in [-0.2, -0.15) is 0 Å². The fraction of sp³-hybridized carbons (Fsp3) is 0.684. The van der Waals surface area contributed by atoms with Crippen LogP contribution in [0.5, 0.6) is 0 Å². The average molecular weight is 346 g/mol. The molecule has 1 aromatic heterocycles. The lowest BCUT2D eigenvalue weighted by Gasteiger charge is -2.33. The van der Waals surface area contributed by atoms with Crippen LogP contribution in [0.15, 0.2) is 18.3 Å². The van der Waals surface area contributed by atoms with Crippen LogP contribution in [-0.4, -0.2) is 66.2 Å². The summed E-state index contributed by atoms with van der Waals surface area (Å²) in [6.07, 6.45) is 3.68. The highest BCUT2D eigenvalue weighted by molar-refractivity contribution is 5.69. The van der Waals surface area contributed by atoms with E-state index in [9.17, 15) is 4.79 Å². The molecule has 1 aromatic rings. The molecule has 2 aliphatic heterocycles. The first-order valence-electron chi connectivity index (χ1n) is 9.22. The van der Waals surface area contributed by atoms with E-state index in [1.165, 1.54) is 0 Å². The molecule has 6 nitrogen and oxygen atoms in total. The maximum absolute atomic E-state index is 12.5. The summed E-state index contributed by atoms with van der Waals surface area (Å²) in [4.78, 5) is 23.6. The summed E-state index contributed by atoms with van der Waals surface area (Å²) in [7, 11) is 2.15. The van der Waals surface area contributed by atoms with Crippen LogP contribution in [0.25, 0.3) is 0 Å². The third-order valence-electron chi connectivity index (χ3n) is 4.86. The van der Waals surface area contributed by atoms with Crippen LogP contribution in [-0.2, 0) is 4.74 Å². The number of ether oxygens (including phenoxy) is 1. The number of nitrogens with zero attached hydrogens (tertiary/aromatic N) is 4. The quantitative estimate of drug-likeness (QED) is 0.824. The Labute approximate surface area is 150 Å². The van der Waals surface area contributed by atoms with Crippen LogP contribution in [0.1, 0.15) is 45.2 Å². The lowest BCUT2D eigenvalue weighted by Crippen LogP contribution is -2.44. The van der Waals surface area contributed by atoms with Gasteiger partial charge in [-0.25, -0.2) is 9.78 Å². The van der Waals surface area contributed by atoms with Gasteiger partial charge in [0.15, 0.2) is 0 Å². The molecule has 0 saturated carbocycles. The van der Waals surface area contributed by atoms with Crippen molar-refractivity contribution in [3.05, 3.63) is 23.9 Å². The molecule has 3 rings (SSSR count). The Morgan fingerprint density at radius 2 is 1.88 bits per heavy atom. The third-order valence-corrected chi connectivity index (χ3v) is 4.86. The Kier molecular flexibility index (Phi) is 5.18. The van der Waals surface area contributed by atoms with Crippen molar-refractivity contribution >= 4 is 11.9 Å². The van der Waals surface area contributed by atoms with Gasteiger partial charge < -0.3 is 19.4 Å². The molecule has 2 saturated heterocycles. The molecule has 0 aromatic carbocycles. The molecule has 2 aliphatic rings. The second-order valence-electron chi connectivity index (χ2n) is 8.07. The first-order valence-corrected chi connectivity index (χ1v) is 9.22. The minimum Gasteiger partial charge on any atom is -0.444 e. The van der Waals surface area contributed by atoms with E-state index in [0.29, 0.717) is 0 Å². The van der Waals surface area contributed by atoms with Crippen LogP contribution < -0.4 is 4.90 Å². The number of pyridine rings is 1. The van der Waals surface area contributed by atoms with E-state index in [1.807, 2.05) is 31.9 Å². The Bertz CT molecular complexity index is 588. The number of amides is 1. The number of hydrogen-bond donors (Lipinski definition) is 0. The Hall–Kier alpha value is -1.82. The van der Waals surface area contributed by atoms with Crippen LogP contribution in [0, 0.1) is 0 Å². The molecular formula is C19H30N4O2. The topological polar surface area (TPSA) is 48.9 Å². The second-order valence-corrected chi connectivity index (χ2v) is 8.07. The number of likely N-dealkylation sites (N-methyl/N-ethyl adjacent to an activating group) is 1. The summed E-state index contributed by atoms with van der Waals surface area (Å²) in [6.45, 7) is 10.6. The van der Waals surface area contributed by atoms with Crippen molar-refractivity contribution in [3.8, 4) is 0 Å². The molecule has 3 heterocycles. The molecule has 0 bridgehead atoms. The highest BCUT2D eigenvalue weighted by atomic mass is 16.6. The fourth-order valence-corrected chi connectivity index (χ4v) is 3.47. The van der Waals surface area contributed by atoms with Gasteiger partial charge in [-0.15, -0.1) is 0 Å². The van der Waals surface area contributed by atoms with E-state index in [1.54, 1.807) is 0 Å². The SMILES string of the molecule is CN1CCN(c2ccc([C@H]3CCCN3C(=O)OC(C)(C)C)cn2)CC1. The number of aromatic nitrogens is 1. The van der Waals surface area contributed by atoms with Crippen molar-refractivity contribution in [2.45, 2.75) is 45.3 Å². The fourth-order valence-electron chi connectivity index (χ4n) is 3.47. The predicted octanol–water partition coefficient (Wildman–Crippen LogP) is 2.91. The van der Waals surface area contributed by atoms with Gasteiger partial charge >= 0.3 is 6.09 Å². The lowest BCUT2D eigenvalue weighted by molar-refractivity contribution is 0.0224. The molecular weight excluding hydrogens is 316 g/mol. The highest BCUT2D eigenvalue weighted by Crippen LogP contribution is 2.33. The minimum absolute atomic E-state index is 0.0730. The predicted molar refractivity (Wildman–Crippen MR) is 98.9 cm³/mol. The van der Waals surface area contributed by atoms with Crippen molar-refractivity contribution in [1.82, 2.24) is 14.8 Å². The van der Waals surface area contributed by atoms with Crippen molar-refractivity contribution in [1.29, 1.82) is 0 Å². The van der Waals surface area contributed by atoms with E-state index in [-0.39, 0.29) is 12.1 Å². The summed E-state index contributed by atoms with van der Waals surface area (Å²) in [5.74, 6) is 1.03. The van der Waals surface area contributed by atoms with E-state index in [2.05, 4.69) is 34.0 Å². The molecule has 2 fully saturated rings. The van der Waals surface area contributed by atoms with Crippen molar-refractivity contribution in [2.24, 2.45) is 0 Å². The van der Waals surface area contributed by atoms with Gasteiger partial charge in [-0.1, -0.05) is 6.07 Å². The molecule has 0 N–H and O–H groups in total. The van der Waals surface area contributed by atoms with Crippen LogP contribution >= 0.6 is 0 Å². The second kappa shape index (κ2) is 7.20. The van der Waals surface area contributed by atoms with Crippen molar-refractivity contribution in [2.75, 3.05) is 44.7 Å². The molecule has 0 unspecified atom stereocenters. The minimum atomic E-state index is -0.465. The summed E-state index contributed by atoms with van der Waals surface area (Å²) in [5, 5.41) is 0. The van der Waals surface area contributed by atoms with Gasteiger partial charge in [0.2, 0.25) is 0 Å². The normalized spacial score (nSPS) is 22.3. The van der Waals surface area contributed by atoms with Gasteiger partial charge in [0, 0.05) is 38.9 Å². The van der Waals surface area contributed by atoms with Gasteiger partial charge in [0.05, 0.1) is 6.04 Å². The van der Waals surface area contributed by atoms with Crippen molar-refractivity contribution in [3.63, 3.8) is 0 Å². The molecule has 138 valence electrons. The third kappa shape index (κ3) is 4.42. The number of carbonyl (C=O) groups excluding carboxylic acids is 1. The number of piperazine rings is 1. The first kappa shape index (κ1) is 18.0. The van der Waals surface area contributed by atoms with Crippen molar-refractivity contribution < 1.29 is 9.53 Å². The number of hydrogen-bond acceptors (Lipinski definition) is 5. The molecule has 0 spiro atoms. The number of carbonyl (C=O) groups is 1. The number of rotatable bonds is 2. The van der Waals surface area contributed by atoms with Gasteiger partial charge in [0.25, 0.3) is 0 Å². The average Bonchev–Trinajstić information content (AvgIpc) is 3.04. The summed E-state index contributed by atoms with van der Waals surface area (Å²) < 4.78 is 5.56. The van der Waals surface area contributed by atoms with E-state index >= 15 is 0 Å². The zero-order valence-corrected chi connectivity index (χ0v) is 15.9. The van der Waals surface area contributed by atoms with E-state index < -0.39 is 5.60 Å². The van der Waals surface area contributed by atoms with Crippen LogP contribution in [0.4, 0.5) is 10.6 Å². The zero-order chi connectivity index (χ0) is 18.0.